The van der Waals surface area contributed by atoms with Gasteiger partial charge < -0.3 is 17.7 Å². The van der Waals surface area contributed by atoms with Crippen LogP contribution in [0.4, 0.5) is 0 Å². The molecule has 0 unspecified atom stereocenters. The molecule has 80 valence electrons. The van der Waals surface area contributed by atoms with Crippen LogP contribution < -0.4 is 0 Å². The molecule has 0 spiro atoms. The quantitative estimate of drug-likeness (QED) is 0.621. The topological polar surface area (TPSA) is 36.9 Å². The summed E-state index contributed by atoms with van der Waals surface area (Å²) in [4.78, 5) is 0. The molecule has 0 saturated carbocycles. The van der Waals surface area contributed by atoms with Crippen molar-refractivity contribution in [1.82, 2.24) is 0 Å². The highest BCUT2D eigenvalue weighted by atomic mass is 28.4. The fourth-order valence-corrected chi connectivity index (χ4v) is 2.36. The van der Waals surface area contributed by atoms with Gasteiger partial charge in [0.05, 0.1) is 5.60 Å². The van der Waals surface area contributed by atoms with Crippen LogP contribution in [0.3, 0.4) is 0 Å². The fraction of sp³-hybridized carbons (Fsp3) is 1.00. The highest BCUT2D eigenvalue weighted by Gasteiger charge is 2.46. The monoisotopic (exact) mass is 208 g/mol. The highest BCUT2D eigenvalue weighted by molar-refractivity contribution is 6.53. The highest BCUT2D eigenvalue weighted by Crippen LogP contribution is 2.21. The van der Waals surface area contributed by atoms with Crippen molar-refractivity contribution in [2.75, 3.05) is 21.3 Å². The molecule has 0 heterocycles. The third kappa shape index (κ3) is 3.74. The predicted octanol–water partition coefficient (Wildman–Crippen LogP) is 1.57. The average molecular weight is 208 g/mol. The molecule has 0 saturated heterocycles. The van der Waals surface area contributed by atoms with E-state index < -0.39 is 9.05 Å². The second kappa shape index (κ2) is 5.07. The molecule has 0 aromatic carbocycles. The summed E-state index contributed by atoms with van der Waals surface area (Å²) in [5.74, 6) is 0. The third-order valence-electron chi connectivity index (χ3n) is 2.00. The minimum absolute atomic E-state index is 0.283. The molecule has 0 aromatic rings. The molecule has 0 fully saturated rings. The summed E-state index contributed by atoms with van der Waals surface area (Å²) in [6.45, 7) is 6.00. The third-order valence-corrected chi connectivity index (χ3v) is 4.31. The second-order valence-corrected chi connectivity index (χ2v) is 5.76. The molecule has 0 atom stereocenters. The van der Waals surface area contributed by atoms with Crippen molar-refractivity contribution in [2.24, 2.45) is 0 Å². The van der Waals surface area contributed by atoms with E-state index in [1.54, 1.807) is 0 Å². The normalized spacial score (nSPS) is 13.4. The van der Waals surface area contributed by atoms with Gasteiger partial charge in [-0.05, 0) is 20.3 Å². The lowest BCUT2D eigenvalue weighted by Crippen LogP contribution is -2.51. The Morgan fingerprint density at radius 1 is 1.00 bits per heavy atom. The van der Waals surface area contributed by atoms with Crippen molar-refractivity contribution < 1.29 is 17.7 Å². The van der Waals surface area contributed by atoms with Crippen molar-refractivity contribution in [1.29, 1.82) is 0 Å². The molecule has 0 aliphatic carbocycles. The predicted molar refractivity (Wildman–Crippen MR) is 52.2 cm³/mol. The van der Waals surface area contributed by atoms with Crippen LogP contribution in [-0.2, 0) is 17.7 Å². The maximum Gasteiger partial charge on any atom is 0.679 e. The Bertz CT molecular complexity index is 137. The van der Waals surface area contributed by atoms with Crippen LogP contribution >= 0.6 is 0 Å². The zero-order valence-corrected chi connectivity index (χ0v) is 10.3. The van der Waals surface area contributed by atoms with Gasteiger partial charge in [0, 0.05) is 21.3 Å². The molecule has 0 rings (SSSR count). The number of hydrogen-bond acceptors (Lipinski definition) is 4. The summed E-state index contributed by atoms with van der Waals surface area (Å²) in [5, 5.41) is 0. The Hall–Kier alpha value is 0.0569. The molecular weight excluding hydrogens is 188 g/mol. The van der Waals surface area contributed by atoms with Crippen LogP contribution in [0, 0.1) is 0 Å². The molecule has 4 nitrogen and oxygen atoms in total. The van der Waals surface area contributed by atoms with Gasteiger partial charge in [0.25, 0.3) is 0 Å². The Morgan fingerprint density at radius 2 is 1.38 bits per heavy atom. The van der Waals surface area contributed by atoms with Gasteiger partial charge in [-0.15, -0.1) is 0 Å². The smallest absolute Gasteiger partial charge is 0.355 e. The van der Waals surface area contributed by atoms with Crippen molar-refractivity contribution in [2.45, 2.75) is 32.8 Å². The van der Waals surface area contributed by atoms with E-state index in [0.29, 0.717) is 0 Å². The van der Waals surface area contributed by atoms with Gasteiger partial charge in [0.2, 0.25) is 0 Å². The van der Waals surface area contributed by atoms with Gasteiger partial charge in [-0.1, -0.05) is 6.92 Å². The molecule has 0 amide bonds. The Balaban J connectivity index is 4.41. The van der Waals surface area contributed by atoms with Gasteiger partial charge in [-0.25, -0.2) is 0 Å². The summed E-state index contributed by atoms with van der Waals surface area (Å²) >= 11 is 0. The molecule has 0 aromatic heterocycles. The standard InChI is InChI=1S/C8H20O4Si/c1-7-8(2,3)12-13(9-4,10-5)11-6/h7H2,1-6H3. The Kier molecular flexibility index (Phi) is 5.09. The summed E-state index contributed by atoms with van der Waals surface area (Å²) in [7, 11) is 1.72. The second-order valence-electron chi connectivity index (χ2n) is 3.33. The zero-order chi connectivity index (χ0) is 10.5. The van der Waals surface area contributed by atoms with Crippen LogP contribution in [0.2, 0.25) is 0 Å². The first-order valence-corrected chi connectivity index (χ1v) is 5.94. The lowest BCUT2D eigenvalue weighted by atomic mass is 10.1. The SMILES string of the molecule is CCC(C)(C)O[Si](OC)(OC)OC. The molecule has 13 heavy (non-hydrogen) atoms. The van der Waals surface area contributed by atoms with E-state index in [2.05, 4.69) is 0 Å². The Labute approximate surface area is 81.6 Å². The minimum atomic E-state index is -2.87. The lowest BCUT2D eigenvalue weighted by molar-refractivity contribution is -0.0571. The van der Waals surface area contributed by atoms with E-state index in [4.69, 9.17) is 17.7 Å². The van der Waals surface area contributed by atoms with Gasteiger partial charge in [-0.3, -0.25) is 0 Å². The van der Waals surface area contributed by atoms with Gasteiger partial charge in [-0.2, -0.15) is 0 Å². The van der Waals surface area contributed by atoms with E-state index in [9.17, 15) is 0 Å². The van der Waals surface area contributed by atoms with Crippen molar-refractivity contribution in [3.8, 4) is 0 Å². The van der Waals surface area contributed by atoms with Gasteiger partial charge in [0.1, 0.15) is 0 Å². The maximum absolute atomic E-state index is 5.69. The molecule has 0 N–H and O–H groups in total. The zero-order valence-electron chi connectivity index (χ0n) is 9.34. The first kappa shape index (κ1) is 13.1. The van der Waals surface area contributed by atoms with E-state index in [0.717, 1.165) is 6.42 Å². The van der Waals surface area contributed by atoms with Gasteiger partial charge >= 0.3 is 9.05 Å². The molecular formula is C8H20O4Si. The van der Waals surface area contributed by atoms with E-state index >= 15 is 0 Å². The molecule has 0 radical (unpaired) electrons. The van der Waals surface area contributed by atoms with Crippen molar-refractivity contribution in [3.63, 3.8) is 0 Å². The van der Waals surface area contributed by atoms with Crippen LogP contribution in [0.1, 0.15) is 27.2 Å². The maximum atomic E-state index is 5.69. The molecule has 5 heteroatoms. The summed E-state index contributed by atoms with van der Waals surface area (Å²) in [6.07, 6.45) is 0.873. The molecule has 0 aliphatic heterocycles. The fourth-order valence-electron chi connectivity index (χ4n) is 0.786. The van der Waals surface area contributed by atoms with Crippen LogP contribution in [-0.4, -0.2) is 36.0 Å². The van der Waals surface area contributed by atoms with E-state index in [-0.39, 0.29) is 5.60 Å². The van der Waals surface area contributed by atoms with Crippen LogP contribution in [0.5, 0.6) is 0 Å². The molecule has 0 aliphatic rings. The lowest BCUT2D eigenvalue weighted by Gasteiger charge is -2.32. The summed E-state index contributed by atoms with van der Waals surface area (Å²) in [5.41, 5.74) is -0.283. The largest absolute Gasteiger partial charge is 0.679 e. The van der Waals surface area contributed by atoms with E-state index in [1.165, 1.54) is 21.3 Å². The number of rotatable bonds is 6. The average Bonchev–Trinajstić information content (AvgIpc) is 2.14. The van der Waals surface area contributed by atoms with Crippen molar-refractivity contribution >= 4 is 9.05 Å². The molecule has 0 bridgehead atoms. The summed E-state index contributed by atoms with van der Waals surface area (Å²) < 4.78 is 21.1. The van der Waals surface area contributed by atoms with Crippen LogP contribution in [0.15, 0.2) is 0 Å². The van der Waals surface area contributed by atoms with Gasteiger partial charge in [0.15, 0.2) is 0 Å². The van der Waals surface area contributed by atoms with Crippen molar-refractivity contribution in [3.05, 3.63) is 0 Å². The van der Waals surface area contributed by atoms with Crippen LogP contribution in [0.25, 0.3) is 0 Å². The van der Waals surface area contributed by atoms with E-state index in [1.807, 2.05) is 20.8 Å². The number of hydrogen-bond donors (Lipinski definition) is 0. The summed E-state index contributed by atoms with van der Waals surface area (Å²) in [6, 6.07) is 0. The minimum Gasteiger partial charge on any atom is -0.355 e. The Morgan fingerprint density at radius 3 is 1.62 bits per heavy atom. The first-order valence-electron chi connectivity index (χ1n) is 4.31. The first-order chi connectivity index (χ1) is 5.95.